The minimum Gasteiger partial charge on any atom is -0.340 e. The van der Waals surface area contributed by atoms with E-state index in [2.05, 4.69) is 4.90 Å². The first-order chi connectivity index (χ1) is 13.3. The van der Waals surface area contributed by atoms with Crippen LogP contribution in [0, 0.1) is 6.92 Å². The van der Waals surface area contributed by atoms with Gasteiger partial charge in [-0.2, -0.15) is 0 Å². The van der Waals surface area contributed by atoms with Crippen molar-refractivity contribution in [2.75, 3.05) is 31.9 Å². The maximum absolute atomic E-state index is 12.5. The smallest absolute Gasteiger partial charge is 0.223 e. The Kier molecular flexibility index (Phi) is 6.75. The Balaban J connectivity index is 1.47. The number of hydrogen-bond acceptors (Lipinski definition) is 4. The van der Waals surface area contributed by atoms with Crippen LogP contribution >= 0.6 is 11.6 Å². The lowest BCUT2D eigenvalue weighted by molar-refractivity contribution is -0.132. The van der Waals surface area contributed by atoms with Gasteiger partial charge in [-0.1, -0.05) is 41.4 Å². The molecule has 0 N–H and O–H groups in total. The van der Waals surface area contributed by atoms with E-state index in [0.29, 0.717) is 13.1 Å². The number of carbonyl (C=O) groups excluding carboxylic acids is 1. The van der Waals surface area contributed by atoms with Gasteiger partial charge in [-0.3, -0.25) is 9.69 Å². The molecule has 0 radical (unpaired) electrons. The number of hydrogen-bond donors (Lipinski definition) is 0. The number of sulfone groups is 1. The lowest BCUT2D eigenvalue weighted by atomic mass is 10.2. The van der Waals surface area contributed by atoms with Crippen molar-refractivity contribution in [1.29, 1.82) is 0 Å². The molecule has 1 aliphatic rings. The Morgan fingerprint density at radius 1 is 0.964 bits per heavy atom. The van der Waals surface area contributed by atoms with Crippen molar-refractivity contribution in [2.24, 2.45) is 0 Å². The average molecular weight is 421 g/mol. The van der Waals surface area contributed by atoms with Crippen molar-refractivity contribution in [2.45, 2.75) is 24.8 Å². The van der Waals surface area contributed by atoms with Crippen LogP contribution in [-0.2, 0) is 21.2 Å². The van der Waals surface area contributed by atoms with Gasteiger partial charge in [-0.15, -0.1) is 0 Å². The van der Waals surface area contributed by atoms with Crippen LogP contribution in [0.25, 0.3) is 0 Å². The molecule has 1 aliphatic heterocycles. The summed E-state index contributed by atoms with van der Waals surface area (Å²) in [6, 6.07) is 14.5. The van der Waals surface area contributed by atoms with Crippen molar-refractivity contribution in [3.8, 4) is 0 Å². The summed E-state index contributed by atoms with van der Waals surface area (Å²) in [7, 11) is -3.43. The second kappa shape index (κ2) is 9.07. The van der Waals surface area contributed by atoms with Gasteiger partial charge in [-0.05, 0) is 36.8 Å². The number of carbonyl (C=O) groups is 1. The molecule has 2 aromatic carbocycles. The standard InChI is InChI=1S/C21H25ClN2O3S/c1-17-2-8-20(9-3-17)28(26,27)15-10-21(25)24-13-11-23(12-14-24)16-18-4-6-19(22)7-5-18/h2-9H,10-16H2,1H3. The largest absolute Gasteiger partial charge is 0.340 e. The van der Waals surface area contributed by atoms with Gasteiger partial charge in [0.15, 0.2) is 9.84 Å². The van der Waals surface area contributed by atoms with Crippen LogP contribution in [0.2, 0.25) is 5.02 Å². The minimum atomic E-state index is -3.43. The number of amides is 1. The summed E-state index contributed by atoms with van der Waals surface area (Å²) in [5.41, 5.74) is 2.19. The lowest BCUT2D eigenvalue weighted by Crippen LogP contribution is -2.48. The van der Waals surface area contributed by atoms with Crippen molar-refractivity contribution in [1.82, 2.24) is 9.80 Å². The molecule has 0 bridgehead atoms. The van der Waals surface area contributed by atoms with E-state index in [-0.39, 0.29) is 23.0 Å². The van der Waals surface area contributed by atoms with Crippen molar-refractivity contribution < 1.29 is 13.2 Å². The van der Waals surface area contributed by atoms with Crippen LogP contribution in [0.4, 0.5) is 0 Å². The molecule has 5 nitrogen and oxygen atoms in total. The molecule has 1 heterocycles. The Morgan fingerprint density at radius 2 is 1.57 bits per heavy atom. The van der Waals surface area contributed by atoms with E-state index in [1.165, 1.54) is 5.56 Å². The summed E-state index contributed by atoms with van der Waals surface area (Å²) >= 11 is 5.92. The quantitative estimate of drug-likeness (QED) is 0.720. The third kappa shape index (κ3) is 5.56. The SMILES string of the molecule is Cc1ccc(S(=O)(=O)CCC(=O)N2CCN(Cc3ccc(Cl)cc3)CC2)cc1. The first-order valence-electron chi connectivity index (χ1n) is 9.37. The number of halogens is 1. The molecule has 7 heteroatoms. The molecule has 0 aromatic heterocycles. The molecule has 0 atom stereocenters. The summed E-state index contributed by atoms with van der Waals surface area (Å²) in [4.78, 5) is 16.8. The third-order valence-corrected chi connectivity index (χ3v) is 6.99. The van der Waals surface area contributed by atoms with Gasteiger partial charge < -0.3 is 4.90 Å². The van der Waals surface area contributed by atoms with Gasteiger partial charge in [0.1, 0.15) is 0 Å². The monoisotopic (exact) mass is 420 g/mol. The first-order valence-corrected chi connectivity index (χ1v) is 11.4. The van der Waals surface area contributed by atoms with E-state index in [0.717, 1.165) is 30.2 Å². The summed E-state index contributed by atoms with van der Waals surface area (Å²) in [6.45, 7) is 5.53. The fraction of sp³-hybridized carbons (Fsp3) is 0.381. The lowest BCUT2D eigenvalue weighted by Gasteiger charge is -2.34. The summed E-state index contributed by atoms with van der Waals surface area (Å²) < 4.78 is 24.8. The van der Waals surface area contributed by atoms with Crippen molar-refractivity contribution >= 4 is 27.3 Å². The van der Waals surface area contributed by atoms with Crippen LogP contribution in [0.1, 0.15) is 17.5 Å². The second-order valence-corrected chi connectivity index (χ2v) is 9.71. The molecule has 1 fully saturated rings. The highest BCUT2D eigenvalue weighted by Gasteiger charge is 2.23. The number of aryl methyl sites for hydroxylation is 1. The topological polar surface area (TPSA) is 57.7 Å². The first kappa shape index (κ1) is 20.8. The Morgan fingerprint density at radius 3 is 2.18 bits per heavy atom. The van der Waals surface area contributed by atoms with Crippen molar-refractivity contribution in [3.63, 3.8) is 0 Å². The Hall–Kier alpha value is -1.89. The average Bonchev–Trinajstić information content (AvgIpc) is 2.69. The zero-order valence-corrected chi connectivity index (χ0v) is 17.5. The normalized spacial score (nSPS) is 15.6. The molecule has 28 heavy (non-hydrogen) atoms. The zero-order chi connectivity index (χ0) is 20.1. The Labute approximate surface area is 171 Å². The number of rotatable bonds is 6. The van der Waals surface area contributed by atoms with E-state index in [1.807, 2.05) is 31.2 Å². The van der Waals surface area contributed by atoms with Crippen LogP contribution in [-0.4, -0.2) is 56.1 Å². The van der Waals surface area contributed by atoms with Crippen LogP contribution in [0.5, 0.6) is 0 Å². The molecule has 3 rings (SSSR count). The fourth-order valence-corrected chi connectivity index (χ4v) is 4.60. The van der Waals surface area contributed by atoms with E-state index in [4.69, 9.17) is 11.6 Å². The fourth-order valence-electron chi connectivity index (χ4n) is 3.25. The number of benzene rings is 2. The van der Waals surface area contributed by atoms with Gasteiger partial charge in [0.05, 0.1) is 10.6 Å². The summed E-state index contributed by atoms with van der Waals surface area (Å²) in [5, 5.41) is 0.722. The maximum Gasteiger partial charge on any atom is 0.223 e. The molecule has 1 saturated heterocycles. The van der Waals surface area contributed by atoms with Crippen LogP contribution in [0.15, 0.2) is 53.4 Å². The van der Waals surface area contributed by atoms with Crippen LogP contribution in [0.3, 0.4) is 0 Å². The minimum absolute atomic E-state index is 0.0212. The van der Waals surface area contributed by atoms with Gasteiger partial charge >= 0.3 is 0 Å². The molecular weight excluding hydrogens is 396 g/mol. The van der Waals surface area contributed by atoms with E-state index in [9.17, 15) is 13.2 Å². The summed E-state index contributed by atoms with van der Waals surface area (Å²) in [5.74, 6) is -0.248. The van der Waals surface area contributed by atoms with Gasteiger partial charge in [0.2, 0.25) is 5.91 Å². The third-order valence-electron chi connectivity index (χ3n) is 5.01. The van der Waals surface area contributed by atoms with E-state index < -0.39 is 9.84 Å². The predicted octanol–water partition coefficient (Wildman–Crippen LogP) is 3.16. The molecule has 2 aromatic rings. The van der Waals surface area contributed by atoms with Gasteiger partial charge in [-0.25, -0.2) is 8.42 Å². The van der Waals surface area contributed by atoms with Crippen molar-refractivity contribution in [3.05, 3.63) is 64.7 Å². The Bertz CT molecular complexity index is 904. The van der Waals surface area contributed by atoms with Gasteiger partial charge in [0, 0.05) is 44.2 Å². The highest BCUT2D eigenvalue weighted by molar-refractivity contribution is 7.91. The highest BCUT2D eigenvalue weighted by atomic mass is 35.5. The van der Waals surface area contributed by atoms with E-state index >= 15 is 0 Å². The molecule has 150 valence electrons. The predicted molar refractivity (Wildman–Crippen MR) is 111 cm³/mol. The molecular formula is C21H25ClN2O3S. The second-order valence-electron chi connectivity index (χ2n) is 7.17. The van der Waals surface area contributed by atoms with E-state index in [1.54, 1.807) is 29.2 Å². The highest BCUT2D eigenvalue weighted by Crippen LogP contribution is 2.15. The van der Waals surface area contributed by atoms with Crippen LogP contribution < -0.4 is 0 Å². The number of piperazine rings is 1. The maximum atomic E-state index is 12.5. The van der Waals surface area contributed by atoms with Gasteiger partial charge in [0.25, 0.3) is 0 Å². The molecule has 0 aliphatic carbocycles. The zero-order valence-electron chi connectivity index (χ0n) is 16.0. The number of nitrogens with zero attached hydrogens (tertiary/aromatic N) is 2. The molecule has 0 unspecified atom stereocenters. The summed E-state index contributed by atoms with van der Waals surface area (Å²) in [6.07, 6.45) is 0.0212. The molecule has 0 saturated carbocycles. The molecule has 1 amide bonds. The molecule has 0 spiro atoms.